The topological polar surface area (TPSA) is 306 Å². The van der Waals surface area contributed by atoms with E-state index in [2.05, 4.69) is 42.6 Å². The van der Waals surface area contributed by atoms with Crippen molar-refractivity contribution in [2.45, 2.75) is 132 Å². The van der Waals surface area contributed by atoms with Gasteiger partial charge in [-0.3, -0.25) is 48.5 Å². The summed E-state index contributed by atoms with van der Waals surface area (Å²) >= 11 is 0. The molecule has 1 unspecified atom stereocenters. The minimum absolute atomic E-state index is 0.0241. The number of alkyl halides is 2. The maximum atomic E-state index is 14.5. The summed E-state index contributed by atoms with van der Waals surface area (Å²) in [4.78, 5) is 147. The molecule has 0 bridgehead atoms. The van der Waals surface area contributed by atoms with Crippen LogP contribution in [0.1, 0.15) is 121 Å². The Balaban J connectivity index is 0.767. The van der Waals surface area contributed by atoms with Crippen molar-refractivity contribution in [2.24, 2.45) is 17.6 Å². The van der Waals surface area contributed by atoms with E-state index in [1.807, 2.05) is 15.9 Å². The molecule has 1 saturated carbocycles. The lowest BCUT2D eigenvalue weighted by molar-refractivity contribution is -0.189. The summed E-state index contributed by atoms with van der Waals surface area (Å²) in [5, 5.41) is 11.1. The Bertz CT molecular complexity index is 2950. The number of imide groups is 1. The molecule has 0 spiro atoms. The first-order chi connectivity index (χ1) is 37.2. The summed E-state index contributed by atoms with van der Waals surface area (Å²) in [5.74, 6) is 2.27. The van der Waals surface area contributed by atoms with Gasteiger partial charge in [-0.15, -0.1) is 0 Å². The minimum Gasteiger partial charge on any atom is -0.370 e. The number of nitrogens with zero attached hydrogens (tertiary/aromatic N) is 4. The number of likely N-dealkylation sites (N-methyl/N-ethyl adjacent to an activating group) is 1. The Morgan fingerprint density at radius 3 is 2.40 bits per heavy atom. The number of aromatic nitrogens is 1. The smallest absolute Gasteiger partial charge is 0.370 e. The lowest BCUT2D eigenvalue weighted by Gasteiger charge is -2.38. The van der Waals surface area contributed by atoms with Gasteiger partial charge in [0.1, 0.15) is 29.9 Å². The van der Waals surface area contributed by atoms with E-state index in [1.54, 1.807) is 19.2 Å². The third-order valence-corrected chi connectivity index (χ3v) is 16.3. The number of nitrogens with one attached hydrogen (secondary N) is 5. The van der Waals surface area contributed by atoms with Gasteiger partial charge in [-0.2, -0.15) is 8.78 Å². The molecule has 1 aromatic heterocycles. The fourth-order valence-corrected chi connectivity index (χ4v) is 12.0. The number of H-pyrrole nitrogens is 1. The van der Waals surface area contributed by atoms with Gasteiger partial charge >= 0.3 is 14.7 Å². The van der Waals surface area contributed by atoms with Crippen LogP contribution < -0.4 is 27.0 Å². The first-order valence-corrected chi connectivity index (χ1v) is 27.5. The maximum absolute atomic E-state index is 14.5. The van der Waals surface area contributed by atoms with E-state index >= 15 is 0 Å². The molecule has 78 heavy (non-hydrogen) atoms. The molecule has 0 radical (unpaired) electrons. The van der Waals surface area contributed by atoms with Gasteiger partial charge in [0.15, 0.2) is 0 Å². The van der Waals surface area contributed by atoms with E-state index in [1.165, 1.54) is 21.9 Å². The van der Waals surface area contributed by atoms with E-state index in [0.29, 0.717) is 87.6 Å². The highest BCUT2D eigenvalue weighted by Gasteiger charge is 2.46. The number of likely N-dealkylation sites (tertiary alicyclic amines) is 1. The molecule has 25 heteroatoms. The van der Waals surface area contributed by atoms with Crippen molar-refractivity contribution in [3.8, 4) is 11.8 Å². The fourth-order valence-electron chi connectivity index (χ4n) is 11.7. The van der Waals surface area contributed by atoms with Crippen LogP contribution in [-0.2, 0) is 50.7 Å². The van der Waals surface area contributed by atoms with Gasteiger partial charge in [0, 0.05) is 85.0 Å². The van der Waals surface area contributed by atoms with Crippen LogP contribution in [0.25, 0.3) is 10.9 Å². The predicted octanol–water partition coefficient (Wildman–Crippen LogP) is 1.72. The lowest BCUT2D eigenvalue weighted by atomic mass is 9.84. The molecule has 6 heterocycles. The number of hydrogen-bond donors (Lipinski definition) is 8. The summed E-state index contributed by atoms with van der Waals surface area (Å²) in [6, 6.07) is 5.19. The highest BCUT2D eigenvalue weighted by atomic mass is 31.2. The number of aromatic amines is 1. The summed E-state index contributed by atoms with van der Waals surface area (Å²) in [6.45, 7) is 1.88. The molecule has 22 nitrogen and oxygen atoms in total. The van der Waals surface area contributed by atoms with E-state index in [-0.39, 0.29) is 97.9 Å². The first kappa shape index (κ1) is 55.8. The van der Waals surface area contributed by atoms with Crippen molar-refractivity contribution in [3.05, 3.63) is 70.4 Å². The minimum atomic E-state index is -4.03. The summed E-state index contributed by atoms with van der Waals surface area (Å²) in [6.07, 6.45) is 0.730. The average Bonchev–Trinajstić information content (AvgIpc) is 4.25. The second-order valence-electron chi connectivity index (χ2n) is 21.1. The number of nitrogens with two attached hydrogens (primary N) is 1. The van der Waals surface area contributed by atoms with Crippen LogP contribution in [0, 0.1) is 23.7 Å². The number of benzene rings is 2. The predicted molar refractivity (Wildman–Crippen MR) is 275 cm³/mol. The van der Waals surface area contributed by atoms with Crippen LogP contribution in [0.4, 0.5) is 8.78 Å². The Kier molecular flexibility index (Phi) is 16.9. The number of carbonyl (C=O) groups is 9. The van der Waals surface area contributed by atoms with Crippen molar-refractivity contribution in [3.63, 3.8) is 0 Å². The Morgan fingerprint density at radius 1 is 0.923 bits per heavy atom. The van der Waals surface area contributed by atoms with Crippen molar-refractivity contribution >= 4 is 72.7 Å². The van der Waals surface area contributed by atoms with Crippen LogP contribution >= 0.6 is 8.60 Å². The molecule has 5 fully saturated rings. The molecule has 9 N–H and O–H groups in total. The van der Waals surface area contributed by atoms with Crippen LogP contribution in [0.5, 0.6) is 0 Å². The zero-order valence-corrected chi connectivity index (χ0v) is 43.8. The van der Waals surface area contributed by atoms with E-state index < -0.39 is 79.9 Å². The lowest BCUT2D eigenvalue weighted by Crippen LogP contribution is -2.61. The van der Waals surface area contributed by atoms with Crippen molar-refractivity contribution in [1.29, 1.82) is 0 Å². The van der Waals surface area contributed by atoms with E-state index in [4.69, 9.17) is 15.5 Å². The van der Waals surface area contributed by atoms with Crippen molar-refractivity contribution in [2.75, 3.05) is 33.2 Å². The molecular weight excluding hydrogens is 1040 g/mol. The second-order valence-corrected chi connectivity index (χ2v) is 21.8. The quantitative estimate of drug-likeness (QED) is 0.0649. The van der Waals surface area contributed by atoms with Crippen LogP contribution in [0.3, 0.4) is 0 Å². The zero-order valence-electron chi connectivity index (χ0n) is 42.9. The molecule has 9 rings (SSSR count). The number of halogens is 2. The number of carbonyl (C=O) groups excluding carboxylic acids is 9. The van der Waals surface area contributed by atoms with Crippen molar-refractivity contribution in [1.82, 2.24) is 45.9 Å². The SMILES string of the molecule is CN1CC[C@H]2CC[C@@H](C(=O)N[C@@H](CCC(N)=O)C(=O)NC3CCC(C(=O)N4CCC(C#Cc5cccc6c5CN(C5CCC(=O)NC5=O)C6=O)CC4)CC3)N2C(=O)[C@@H](NC(=O)c2cc3cc(C(F)(F)OP(O)O)ccc3[nH]2)C1. The van der Waals surface area contributed by atoms with Gasteiger partial charge in [-0.05, 0) is 126 Å². The van der Waals surface area contributed by atoms with Gasteiger partial charge in [-0.25, -0.2) is 4.52 Å². The average molecular weight is 1100 g/mol. The molecule has 6 aliphatic rings. The van der Waals surface area contributed by atoms with E-state index in [0.717, 1.165) is 17.7 Å². The molecule has 9 amide bonds. The molecular formula is C53H63F2N10O12P. The monoisotopic (exact) mass is 1100 g/mol. The molecule has 4 saturated heterocycles. The molecule has 3 aromatic rings. The number of primary amides is 1. The van der Waals surface area contributed by atoms with Gasteiger partial charge in [0.2, 0.25) is 41.4 Å². The standard InChI is InChI=1S/C53H63F2N10O12P/c1-62-22-21-35-12-15-43(65(35)52(74)41(28-62)60-47(69)40-26-32-25-33(9-13-38(32)58-40)53(54,55)77-78(75)76)49(71)59-39(14-17-44(56)66)46(68)57-34-10-7-31(8-11-34)50(72)63-23-19-29(20-24-63)5-6-30-3-2-4-36-37(30)27-64(51(36)73)42-16-18-45(67)61-48(42)70/h2-4,9,13,25-26,29,31,34-35,39,41-43,58,75-76H,7-8,10-12,14-24,27-28H2,1H3,(H2,56,66)(H,57,68)(H,59,71)(H,60,69)(H,61,67,70)/t31?,34?,35-,39+,41+,42?,43+/m1/s1. The van der Waals surface area contributed by atoms with E-state index in [9.17, 15) is 51.9 Å². The van der Waals surface area contributed by atoms with Gasteiger partial charge < -0.3 is 56.1 Å². The van der Waals surface area contributed by atoms with Gasteiger partial charge in [0.05, 0.1) is 5.56 Å². The fraction of sp³-hybridized carbons (Fsp3) is 0.528. The zero-order chi connectivity index (χ0) is 55.6. The third-order valence-electron chi connectivity index (χ3n) is 15.9. The first-order valence-electron chi connectivity index (χ1n) is 26.4. The Labute approximate surface area is 448 Å². The summed E-state index contributed by atoms with van der Waals surface area (Å²) < 4.78 is 32.9. The van der Waals surface area contributed by atoms with Gasteiger partial charge in [-0.1, -0.05) is 17.9 Å². The highest BCUT2D eigenvalue weighted by molar-refractivity contribution is 7.39. The molecule has 2 aromatic carbocycles. The van der Waals surface area contributed by atoms with Gasteiger partial charge in [0.25, 0.3) is 11.8 Å². The van der Waals surface area contributed by atoms with Crippen LogP contribution in [0.2, 0.25) is 0 Å². The third kappa shape index (κ3) is 12.5. The number of rotatable bonds is 14. The summed E-state index contributed by atoms with van der Waals surface area (Å²) in [7, 11) is -1.58. The number of piperidine rings is 2. The molecule has 5 aliphatic heterocycles. The highest BCUT2D eigenvalue weighted by Crippen LogP contribution is 2.42. The number of hydrogen-bond acceptors (Lipinski definition) is 13. The van der Waals surface area contributed by atoms with Crippen molar-refractivity contribution < 1.29 is 66.2 Å². The Hall–Kier alpha value is -6.90. The van der Waals surface area contributed by atoms with Crippen LogP contribution in [0.15, 0.2) is 42.5 Å². The second kappa shape index (κ2) is 23.6. The molecule has 416 valence electrons. The molecule has 1 aliphatic carbocycles. The maximum Gasteiger partial charge on any atom is 0.389 e. The Morgan fingerprint density at radius 2 is 1.68 bits per heavy atom. The number of amides is 9. The normalized spacial score (nSPS) is 24.6. The number of fused-ring (bicyclic) bond motifs is 3. The van der Waals surface area contributed by atoms with Crippen LogP contribution in [-0.4, -0.2) is 157 Å². The largest absolute Gasteiger partial charge is 0.389 e. The molecule has 5 atom stereocenters. The summed E-state index contributed by atoms with van der Waals surface area (Å²) in [5.41, 5.74) is 7.01.